The van der Waals surface area contributed by atoms with Gasteiger partial charge in [-0.3, -0.25) is 0 Å². The predicted molar refractivity (Wildman–Crippen MR) is 46.5 cm³/mol. The molecule has 2 atom stereocenters. The van der Waals surface area contributed by atoms with E-state index in [1.807, 2.05) is 18.2 Å². The number of hydrogen-bond acceptors (Lipinski definition) is 3. The second-order valence-electron chi connectivity index (χ2n) is 2.66. The Morgan fingerprint density at radius 2 is 1.75 bits per heavy atom. The molecule has 0 spiro atoms. The molecule has 0 aliphatic heterocycles. The molecule has 4 N–H and O–H groups in total. The number of aliphatic hydroxyl groups is 2. The number of nitrogens with two attached hydrogens (primary N) is 1. The minimum Gasteiger partial charge on any atom is -0.389 e. The van der Waals surface area contributed by atoms with Crippen LogP contribution in [0.2, 0.25) is 0 Å². The summed E-state index contributed by atoms with van der Waals surface area (Å²) in [5, 5.41) is 18.7. The van der Waals surface area contributed by atoms with Gasteiger partial charge in [0.05, 0.1) is 6.10 Å². The summed E-state index contributed by atoms with van der Waals surface area (Å²) in [6.45, 7) is 0.0655. The van der Waals surface area contributed by atoms with Crippen molar-refractivity contribution in [2.75, 3.05) is 6.54 Å². The Kier molecular flexibility index (Phi) is 3.22. The molecular weight excluding hydrogens is 154 g/mol. The smallest absolute Gasteiger partial charge is 0.106 e. The van der Waals surface area contributed by atoms with Crippen molar-refractivity contribution in [3.8, 4) is 0 Å². The molecule has 0 aliphatic carbocycles. The molecule has 0 aromatic heterocycles. The van der Waals surface area contributed by atoms with Gasteiger partial charge in [-0.2, -0.15) is 0 Å². The lowest BCUT2D eigenvalue weighted by molar-refractivity contribution is 0.0243. The van der Waals surface area contributed by atoms with Gasteiger partial charge in [0.2, 0.25) is 0 Å². The van der Waals surface area contributed by atoms with Crippen LogP contribution in [0, 0.1) is 0 Å². The first kappa shape index (κ1) is 9.19. The topological polar surface area (TPSA) is 66.5 Å². The van der Waals surface area contributed by atoms with Crippen LogP contribution in [0.15, 0.2) is 30.3 Å². The average molecular weight is 167 g/mol. The highest BCUT2D eigenvalue weighted by atomic mass is 16.3. The van der Waals surface area contributed by atoms with Crippen LogP contribution < -0.4 is 5.73 Å². The van der Waals surface area contributed by atoms with Gasteiger partial charge in [0.15, 0.2) is 0 Å². The fraction of sp³-hybridized carbons (Fsp3) is 0.333. The van der Waals surface area contributed by atoms with Crippen molar-refractivity contribution < 1.29 is 10.2 Å². The van der Waals surface area contributed by atoms with Gasteiger partial charge in [-0.1, -0.05) is 30.3 Å². The summed E-state index contributed by atoms with van der Waals surface area (Å²) in [5.41, 5.74) is 5.89. The van der Waals surface area contributed by atoms with Crippen LogP contribution >= 0.6 is 0 Å². The standard InChI is InChI=1S/C9H13NO2/c10-6-8(11)9(12)7-4-2-1-3-5-7/h1-5,8-9,11-12H,6,10H2/t8-,9+/m1/s1. The lowest BCUT2D eigenvalue weighted by Crippen LogP contribution is -2.27. The summed E-state index contributed by atoms with van der Waals surface area (Å²) in [6, 6.07) is 8.97. The van der Waals surface area contributed by atoms with Gasteiger partial charge in [0, 0.05) is 6.54 Å². The van der Waals surface area contributed by atoms with E-state index in [0.29, 0.717) is 5.56 Å². The minimum atomic E-state index is -0.882. The highest BCUT2D eigenvalue weighted by molar-refractivity contribution is 5.18. The van der Waals surface area contributed by atoms with Crippen molar-refractivity contribution in [1.82, 2.24) is 0 Å². The van der Waals surface area contributed by atoms with Crippen LogP contribution in [-0.2, 0) is 0 Å². The summed E-state index contributed by atoms with van der Waals surface area (Å²) >= 11 is 0. The van der Waals surface area contributed by atoms with Crippen LogP contribution in [0.1, 0.15) is 11.7 Å². The molecular formula is C9H13NO2. The third kappa shape index (κ3) is 2.04. The van der Waals surface area contributed by atoms with E-state index in [0.717, 1.165) is 0 Å². The molecule has 3 heteroatoms. The molecule has 0 heterocycles. The molecule has 1 rings (SSSR count). The molecule has 0 bridgehead atoms. The molecule has 0 saturated carbocycles. The number of benzene rings is 1. The Balaban J connectivity index is 2.71. The fourth-order valence-corrected chi connectivity index (χ4v) is 1.00. The summed E-state index contributed by atoms with van der Waals surface area (Å²) in [6.07, 6.45) is -1.76. The largest absolute Gasteiger partial charge is 0.389 e. The zero-order chi connectivity index (χ0) is 8.97. The normalized spacial score (nSPS) is 15.6. The quantitative estimate of drug-likeness (QED) is 0.595. The van der Waals surface area contributed by atoms with Crippen LogP contribution in [-0.4, -0.2) is 22.9 Å². The zero-order valence-corrected chi connectivity index (χ0v) is 6.72. The third-order valence-corrected chi connectivity index (χ3v) is 1.75. The maximum Gasteiger partial charge on any atom is 0.106 e. The van der Waals surface area contributed by atoms with Crippen molar-refractivity contribution in [1.29, 1.82) is 0 Å². The first-order valence-electron chi connectivity index (χ1n) is 3.87. The molecule has 12 heavy (non-hydrogen) atoms. The van der Waals surface area contributed by atoms with E-state index in [1.165, 1.54) is 0 Å². The van der Waals surface area contributed by atoms with Gasteiger partial charge in [0.1, 0.15) is 6.10 Å². The van der Waals surface area contributed by atoms with E-state index < -0.39 is 12.2 Å². The summed E-state index contributed by atoms with van der Waals surface area (Å²) in [5.74, 6) is 0. The molecule has 3 nitrogen and oxygen atoms in total. The van der Waals surface area contributed by atoms with Gasteiger partial charge in [0.25, 0.3) is 0 Å². The monoisotopic (exact) mass is 167 g/mol. The summed E-state index contributed by atoms with van der Waals surface area (Å²) in [4.78, 5) is 0. The Hall–Kier alpha value is -0.900. The van der Waals surface area contributed by atoms with Crippen molar-refractivity contribution in [2.45, 2.75) is 12.2 Å². The molecule has 0 amide bonds. The first-order chi connectivity index (χ1) is 5.75. The van der Waals surface area contributed by atoms with Gasteiger partial charge < -0.3 is 15.9 Å². The molecule has 1 aromatic carbocycles. The van der Waals surface area contributed by atoms with Gasteiger partial charge in [-0.05, 0) is 5.56 Å². The molecule has 1 aromatic rings. The highest BCUT2D eigenvalue weighted by Gasteiger charge is 2.15. The number of aliphatic hydroxyl groups excluding tert-OH is 2. The van der Waals surface area contributed by atoms with Crippen molar-refractivity contribution in [3.05, 3.63) is 35.9 Å². The summed E-state index contributed by atoms with van der Waals surface area (Å²) in [7, 11) is 0. The van der Waals surface area contributed by atoms with Crippen molar-refractivity contribution in [3.63, 3.8) is 0 Å². The third-order valence-electron chi connectivity index (χ3n) is 1.75. The zero-order valence-electron chi connectivity index (χ0n) is 6.72. The van der Waals surface area contributed by atoms with Gasteiger partial charge in [-0.15, -0.1) is 0 Å². The Morgan fingerprint density at radius 3 is 2.25 bits per heavy atom. The molecule has 66 valence electrons. The van der Waals surface area contributed by atoms with E-state index in [2.05, 4.69) is 0 Å². The van der Waals surface area contributed by atoms with Crippen LogP contribution in [0.25, 0.3) is 0 Å². The number of hydrogen-bond donors (Lipinski definition) is 3. The minimum absolute atomic E-state index is 0.0655. The molecule has 0 fully saturated rings. The van der Waals surface area contributed by atoms with Crippen LogP contribution in [0.3, 0.4) is 0 Å². The average Bonchev–Trinajstić information content (AvgIpc) is 2.17. The van der Waals surface area contributed by atoms with E-state index >= 15 is 0 Å². The van der Waals surface area contributed by atoms with Crippen molar-refractivity contribution in [2.24, 2.45) is 5.73 Å². The van der Waals surface area contributed by atoms with E-state index in [4.69, 9.17) is 5.73 Å². The Labute approximate surface area is 71.5 Å². The SMILES string of the molecule is NC[C@@H](O)[C@@H](O)c1ccccc1. The maximum absolute atomic E-state index is 9.46. The molecule has 0 aliphatic rings. The summed E-state index contributed by atoms with van der Waals surface area (Å²) < 4.78 is 0. The van der Waals surface area contributed by atoms with Gasteiger partial charge >= 0.3 is 0 Å². The molecule has 0 unspecified atom stereocenters. The number of rotatable bonds is 3. The van der Waals surface area contributed by atoms with E-state index in [1.54, 1.807) is 12.1 Å². The molecule has 0 radical (unpaired) electrons. The van der Waals surface area contributed by atoms with Crippen LogP contribution in [0.4, 0.5) is 0 Å². The maximum atomic E-state index is 9.46. The first-order valence-corrected chi connectivity index (χ1v) is 3.87. The van der Waals surface area contributed by atoms with Crippen molar-refractivity contribution >= 4 is 0 Å². The second-order valence-corrected chi connectivity index (χ2v) is 2.66. The van der Waals surface area contributed by atoms with E-state index in [9.17, 15) is 10.2 Å². The second kappa shape index (κ2) is 4.21. The van der Waals surface area contributed by atoms with Crippen LogP contribution in [0.5, 0.6) is 0 Å². The Morgan fingerprint density at radius 1 is 1.17 bits per heavy atom. The predicted octanol–water partition coefficient (Wildman–Crippen LogP) is 0.0396. The van der Waals surface area contributed by atoms with Gasteiger partial charge in [-0.25, -0.2) is 0 Å². The van der Waals surface area contributed by atoms with E-state index in [-0.39, 0.29) is 6.54 Å². The fourth-order valence-electron chi connectivity index (χ4n) is 1.00. The highest BCUT2D eigenvalue weighted by Crippen LogP contribution is 2.14. The Bertz CT molecular complexity index is 225. The molecule has 0 saturated heterocycles. The lowest BCUT2D eigenvalue weighted by atomic mass is 10.1. The lowest BCUT2D eigenvalue weighted by Gasteiger charge is -2.15.